The molecule has 0 bridgehead atoms. The van der Waals surface area contributed by atoms with Crippen molar-refractivity contribution in [3.05, 3.63) is 25.3 Å². The van der Waals surface area contributed by atoms with Gasteiger partial charge in [-0.2, -0.15) is 0 Å². The fourth-order valence-electron chi connectivity index (χ4n) is 2.30. The molecule has 1 atom stereocenters. The maximum Gasteiger partial charge on any atom is 0.0671 e. The molecule has 0 aromatic rings. The van der Waals surface area contributed by atoms with Gasteiger partial charge in [-0.25, -0.2) is 0 Å². The standard InChI is InChI=1S/C17H32O/c1-5-9-10-11-12-13-14-15-17(18-8-4)16(6-2)7-3/h6-7,16-17H,2-3,5,8-15H2,1,4H3. The average Bonchev–Trinajstić information content (AvgIpc) is 2.39. The second-order valence-electron chi connectivity index (χ2n) is 4.95. The third-order valence-corrected chi connectivity index (χ3v) is 3.45. The molecule has 106 valence electrons. The summed E-state index contributed by atoms with van der Waals surface area (Å²) in [5, 5.41) is 0. The molecular formula is C17H32O. The molecule has 0 fully saturated rings. The molecule has 0 spiro atoms. The van der Waals surface area contributed by atoms with E-state index < -0.39 is 0 Å². The second kappa shape index (κ2) is 12.9. The maximum atomic E-state index is 5.79. The van der Waals surface area contributed by atoms with E-state index in [9.17, 15) is 0 Å². The lowest BCUT2D eigenvalue weighted by molar-refractivity contribution is 0.0379. The fourth-order valence-corrected chi connectivity index (χ4v) is 2.30. The average molecular weight is 252 g/mol. The van der Waals surface area contributed by atoms with E-state index in [2.05, 4.69) is 27.0 Å². The van der Waals surface area contributed by atoms with Crippen molar-refractivity contribution in [3.8, 4) is 0 Å². The van der Waals surface area contributed by atoms with Gasteiger partial charge in [-0.05, 0) is 13.3 Å². The Morgan fingerprint density at radius 1 is 0.889 bits per heavy atom. The van der Waals surface area contributed by atoms with Gasteiger partial charge < -0.3 is 4.74 Å². The van der Waals surface area contributed by atoms with Crippen LogP contribution in [0, 0.1) is 5.92 Å². The lowest BCUT2D eigenvalue weighted by atomic mass is 9.96. The molecule has 0 heterocycles. The first-order chi connectivity index (χ1) is 8.79. The van der Waals surface area contributed by atoms with Gasteiger partial charge in [-0.3, -0.25) is 0 Å². The van der Waals surface area contributed by atoms with Crippen LogP contribution in [0.2, 0.25) is 0 Å². The number of hydrogen-bond donors (Lipinski definition) is 0. The summed E-state index contributed by atoms with van der Waals surface area (Å²) in [5.41, 5.74) is 0. The third-order valence-electron chi connectivity index (χ3n) is 3.45. The van der Waals surface area contributed by atoms with Crippen LogP contribution in [-0.2, 0) is 4.74 Å². The van der Waals surface area contributed by atoms with Crippen LogP contribution in [0.5, 0.6) is 0 Å². The van der Waals surface area contributed by atoms with E-state index in [4.69, 9.17) is 4.74 Å². The monoisotopic (exact) mass is 252 g/mol. The topological polar surface area (TPSA) is 9.23 Å². The molecule has 1 heteroatoms. The van der Waals surface area contributed by atoms with Crippen LogP contribution in [0.4, 0.5) is 0 Å². The van der Waals surface area contributed by atoms with E-state index in [0.717, 1.165) is 13.0 Å². The highest BCUT2D eigenvalue weighted by Crippen LogP contribution is 2.18. The Labute approximate surface area is 114 Å². The van der Waals surface area contributed by atoms with E-state index >= 15 is 0 Å². The van der Waals surface area contributed by atoms with Crippen LogP contribution in [0.3, 0.4) is 0 Å². The summed E-state index contributed by atoms with van der Waals surface area (Å²) >= 11 is 0. The Balaban J connectivity index is 3.69. The van der Waals surface area contributed by atoms with Crippen molar-refractivity contribution in [1.82, 2.24) is 0 Å². The molecule has 0 saturated heterocycles. The summed E-state index contributed by atoms with van der Waals surface area (Å²) in [7, 11) is 0. The second-order valence-corrected chi connectivity index (χ2v) is 4.95. The van der Waals surface area contributed by atoms with E-state index in [-0.39, 0.29) is 6.10 Å². The van der Waals surface area contributed by atoms with Crippen molar-refractivity contribution >= 4 is 0 Å². The first-order valence-electron chi connectivity index (χ1n) is 7.66. The van der Waals surface area contributed by atoms with Crippen LogP contribution in [-0.4, -0.2) is 12.7 Å². The zero-order chi connectivity index (χ0) is 13.6. The quantitative estimate of drug-likeness (QED) is 0.310. The zero-order valence-electron chi connectivity index (χ0n) is 12.5. The molecule has 0 aliphatic carbocycles. The van der Waals surface area contributed by atoms with Crippen LogP contribution in [0.1, 0.15) is 65.2 Å². The highest BCUT2D eigenvalue weighted by atomic mass is 16.5. The van der Waals surface area contributed by atoms with Crippen LogP contribution >= 0.6 is 0 Å². The van der Waals surface area contributed by atoms with Gasteiger partial charge in [0.1, 0.15) is 0 Å². The van der Waals surface area contributed by atoms with Crippen molar-refractivity contribution in [2.75, 3.05) is 6.61 Å². The van der Waals surface area contributed by atoms with Gasteiger partial charge in [0.15, 0.2) is 0 Å². The minimum absolute atomic E-state index is 0.278. The number of unbranched alkanes of at least 4 members (excludes halogenated alkanes) is 6. The molecule has 0 saturated carbocycles. The smallest absolute Gasteiger partial charge is 0.0671 e. The maximum absolute atomic E-state index is 5.79. The van der Waals surface area contributed by atoms with Gasteiger partial charge >= 0.3 is 0 Å². The van der Waals surface area contributed by atoms with E-state index in [1.807, 2.05) is 12.2 Å². The molecule has 0 aromatic heterocycles. The molecule has 0 radical (unpaired) electrons. The van der Waals surface area contributed by atoms with Gasteiger partial charge in [-0.1, -0.05) is 64.0 Å². The van der Waals surface area contributed by atoms with Gasteiger partial charge in [-0.15, -0.1) is 13.2 Å². The van der Waals surface area contributed by atoms with Crippen LogP contribution in [0.15, 0.2) is 25.3 Å². The summed E-state index contributed by atoms with van der Waals surface area (Å²) in [5.74, 6) is 0.296. The molecule has 0 aliphatic heterocycles. The fraction of sp³-hybridized carbons (Fsp3) is 0.765. The molecule has 0 N–H and O–H groups in total. The molecule has 18 heavy (non-hydrogen) atoms. The summed E-state index contributed by atoms with van der Waals surface area (Å²) < 4.78 is 5.79. The SMILES string of the molecule is C=CC(C=C)C(CCCCCCCCC)OCC. The zero-order valence-corrected chi connectivity index (χ0v) is 12.5. The lowest BCUT2D eigenvalue weighted by Crippen LogP contribution is -2.21. The number of rotatable bonds is 13. The lowest BCUT2D eigenvalue weighted by Gasteiger charge is -2.21. The summed E-state index contributed by atoms with van der Waals surface area (Å²) in [6.07, 6.45) is 14.8. The van der Waals surface area contributed by atoms with Crippen molar-refractivity contribution in [1.29, 1.82) is 0 Å². The van der Waals surface area contributed by atoms with Gasteiger partial charge in [0.2, 0.25) is 0 Å². The van der Waals surface area contributed by atoms with Crippen molar-refractivity contribution in [3.63, 3.8) is 0 Å². The van der Waals surface area contributed by atoms with Crippen molar-refractivity contribution in [2.24, 2.45) is 5.92 Å². The van der Waals surface area contributed by atoms with E-state index in [1.54, 1.807) is 0 Å². The normalized spacial score (nSPS) is 12.6. The minimum Gasteiger partial charge on any atom is -0.378 e. The van der Waals surface area contributed by atoms with Gasteiger partial charge in [0.05, 0.1) is 6.10 Å². The Morgan fingerprint density at radius 3 is 1.94 bits per heavy atom. The Hall–Kier alpha value is -0.560. The number of hydrogen-bond acceptors (Lipinski definition) is 1. The molecule has 0 aliphatic rings. The molecule has 0 amide bonds. The molecular weight excluding hydrogens is 220 g/mol. The summed E-state index contributed by atoms with van der Waals surface area (Å²) in [6.45, 7) is 12.8. The Bertz CT molecular complexity index is 190. The summed E-state index contributed by atoms with van der Waals surface area (Å²) in [4.78, 5) is 0. The molecule has 0 rings (SSSR count). The highest BCUT2D eigenvalue weighted by molar-refractivity contribution is 4.96. The highest BCUT2D eigenvalue weighted by Gasteiger charge is 2.15. The molecule has 1 nitrogen and oxygen atoms in total. The largest absolute Gasteiger partial charge is 0.378 e. The van der Waals surface area contributed by atoms with Crippen LogP contribution in [0.25, 0.3) is 0 Å². The van der Waals surface area contributed by atoms with Crippen molar-refractivity contribution < 1.29 is 4.74 Å². The third kappa shape index (κ3) is 8.52. The number of ether oxygens (including phenoxy) is 1. The molecule has 1 unspecified atom stereocenters. The first kappa shape index (κ1) is 17.4. The predicted molar refractivity (Wildman–Crippen MR) is 81.9 cm³/mol. The van der Waals surface area contributed by atoms with E-state index in [1.165, 1.54) is 44.9 Å². The van der Waals surface area contributed by atoms with E-state index in [0.29, 0.717) is 5.92 Å². The van der Waals surface area contributed by atoms with Crippen LogP contribution < -0.4 is 0 Å². The first-order valence-corrected chi connectivity index (χ1v) is 7.66. The summed E-state index contributed by atoms with van der Waals surface area (Å²) in [6, 6.07) is 0. The Kier molecular flexibility index (Phi) is 12.5. The molecule has 0 aromatic carbocycles. The van der Waals surface area contributed by atoms with Gasteiger partial charge in [0, 0.05) is 12.5 Å². The van der Waals surface area contributed by atoms with Gasteiger partial charge in [0.25, 0.3) is 0 Å². The van der Waals surface area contributed by atoms with Crippen molar-refractivity contribution in [2.45, 2.75) is 71.3 Å². The Morgan fingerprint density at radius 2 is 1.44 bits per heavy atom. The predicted octanol–water partition coefficient (Wildman–Crippen LogP) is 5.52. The minimum atomic E-state index is 0.278.